The molecule has 0 bridgehead atoms. The van der Waals surface area contributed by atoms with Crippen LogP contribution in [0.5, 0.6) is 0 Å². The third-order valence-corrected chi connectivity index (χ3v) is 6.03. The van der Waals surface area contributed by atoms with Crippen LogP contribution in [0.3, 0.4) is 0 Å². The Hall–Kier alpha value is -4.10. The van der Waals surface area contributed by atoms with Gasteiger partial charge in [0.05, 0.1) is 0 Å². The lowest BCUT2D eigenvalue weighted by Gasteiger charge is -2.14. The van der Waals surface area contributed by atoms with Gasteiger partial charge in [0.15, 0.2) is 0 Å². The predicted octanol–water partition coefficient (Wildman–Crippen LogP) is 8.56. The fraction of sp³-hybridized carbons (Fsp3) is 0. The summed E-state index contributed by atoms with van der Waals surface area (Å²) in [6, 6.07) is 43.2. The van der Waals surface area contributed by atoms with Crippen molar-refractivity contribution in [3.05, 3.63) is 121 Å². The molecule has 0 saturated heterocycles. The molecule has 0 fully saturated rings. The SMILES string of the molecule is c1ccc2c(-c3ccc(Nc4cc5ccccc5c5ccccc45)cc3)cccc2c1. The average Bonchev–Trinajstić information content (AvgIpc) is 2.84. The highest BCUT2D eigenvalue weighted by atomic mass is 14.9. The molecule has 0 aliphatic rings. The molecule has 1 nitrogen and oxygen atoms in total. The minimum Gasteiger partial charge on any atom is -0.355 e. The van der Waals surface area contributed by atoms with Gasteiger partial charge < -0.3 is 5.32 Å². The normalized spacial score (nSPS) is 11.2. The molecular formula is C30H21N. The Kier molecular flexibility index (Phi) is 4.18. The molecule has 0 unspecified atom stereocenters. The van der Waals surface area contributed by atoms with Crippen LogP contribution in [0.4, 0.5) is 11.4 Å². The summed E-state index contributed by atoms with van der Waals surface area (Å²) in [5.41, 5.74) is 4.71. The average molecular weight is 396 g/mol. The number of anilines is 2. The number of nitrogens with one attached hydrogen (secondary N) is 1. The second kappa shape index (κ2) is 7.30. The van der Waals surface area contributed by atoms with Gasteiger partial charge in [0, 0.05) is 16.8 Å². The lowest BCUT2D eigenvalue weighted by molar-refractivity contribution is 1.58. The van der Waals surface area contributed by atoms with Gasteiger partial charge in [0.25, 0.3) is 0 Å². The minimum atomic E-state index is 1.09. The molecule has 1 N–H and O–H groups in total. The zero-order valence-electron chi connectivity index (χ0n) is 17.0. The van der Waals surface area contributed by atoms with Gasteiger partial charge >= 0.3 is 0 Å². The smallest absolute Gasteiger partial charge is 0.0470 e. The molecule has 146 valence electrons. The van der Waals surface area contributed by atoms with Crippen molar-refractivity contribution in [2.45, 2.75) is 0 Å². The van der Waals surface area contributed by atoms with Crippen molar-refractivity contribution in [3.8, 4) is 11.1 Å². The Morgan fingerprint density at radius 1 is 0.419 bits per heavy atom. The first-order valence-corrected chi connectivity index (χ1v) is 10.6. The quantitative estimate of drug-likeness (QED) is 0.296. The lowest BCUT2D eigenvalue weighted by atomic mass is 9.98. The summed E-state index contributed by atoms with van der Waals surface area (Å²) in [4.78, 5) is 0. The van der Waals surface area contributed by atoms with Crippen LogP contribution in [-0.4, -0.2) is 0 Å². The van der Waals surface area contributed by atoms with Crippen LogP contribution in [0.1, 0.15) is 0 Å². The van der Waals surface area contributed by atoms with E-state index in [2.05, 4.69) is 127 Å². The molecule has 6 aromatic carbocycles. The lowest BCUT2D eigenvalue weighted by Crippen LogP contribution is -1.92. The van der Waals surface area contributed by atoms with E-state index in [0.717, 1.165) is 11.4 Å². The van der Waals surface area contributed by atoms with Crippen molar-refractivity contribution in [2.75, 3.05) is 5.32 Å². The fourth-order valence-electron chi connectivity index (χ4n) is 4.52. The van der Waals surface area contributed by atoms with E-state index < -0.39 is 0 Å². The predicted molar refractivity (Wildman–Crippen MR) is 134 cm³/mol. The van der Waals surface area contributed by atoms with Gasteiger partial charge in [-0.3, -0.25) is 0 Å². The maximum Gasteiger partial charge on any atom is 0.0470 e. The molecule has 1 heteroatoms. The third-order valence-electron chi connectivity index (χ3n) is 6.03. The zero-order chi connectivity index (χ0) is 20.6. The van der Waals surface area contributed by atoms with Crippen LogP contribution in [0.2, 0.25) is 0 Å². The fourth-order valence-corrected chi connectivity index (χ4v) is 4.52. The van der Waals surface area contributed by atoms with Crippen LogP contribution in [0, 0.1) is 0 Å². The largest absolute Gasteiger partial charge is 0.355 e. The highest BCUT2D eigenvalue weighted by Gasteiger charge is 2.07. The molecule has 0 amide bonds. The summed E-state index contributed by atoms with van der Waals surface area (Å²) in [7, 11) is 0. The Bertz CT molecular complexity index is 1540. The second-order valence-corrected chi connectivity index (χ2v) is 7.92. The second-order valence-electron chi connectivity index (χ2n) is 7.92. The summed E-state index contributed by atoms with van der Waals surface area (Å²) < 4.78 is 0. The molecular weight excluding hydrogens is 374 g/mol. The first-order chi connectivity index (χ1) is 15.4. The molecule has 31 heavy (non-hydrogen) atoms. The Balaban J connectivity index is 1.41. The molecule has 0 heterocycles. The van der Waals surface area contributed by atoms with Crippen molar-refractivity contribution in [3.63, 3.8) is 0 Å². The minimum absolute atomic E-state index is 1.09. The van der Waals surface area contributed by atoms with E-state index in [1.165, 1.54) is 43.4 Å². The standard InChI is InChI=1S/C30H21N/c1-3-11-25-21(8-1)10-7-15-26(25)22-16-18-24(19-17-22)31-30-20-23-9-2-4-12-27(23)28-13-5-6-14-29(28)30/h1-20,31H. The van der Waals surface area contributed by atoms with E-state index in [9.17, 15) is 0 Å². The van der Waals surface area contributed by atoms with Gasteiger partial charge in [-0.15, -0.1) is 0 Å². The van der Waals surface area contributed by atoms with E-state index in [4.69, 9.17) is 0 Å². The van der Waals surface area contributed by atoms with E-state index in [-0.39, 0.29) is 0 Å². The number of benzene rings is 6. The van der Waals surface area contributed by atoms with E-state index in [1.54, 1.807) is 0 Å². The van der Waals surface area contributed by atoms with Crippen LogP contribution in [-0.2, 0) is 0 Å². The zero-order valence-corrected chi connectivity index (χ0v) is 17.0. The van der Waals surface area contributed by atoms with Crippen LogP contribution in [0.25, 0.3) is 43.4 Å². The van der Waals surface area contributed by atoms with Gasteiger partial charge in [0.1, 0.15) is 0 Å². The third kappa shape index (κ3) is 3.12. The van der Waals surface area contributed by atoms with Crippen LogP contribution >= 0.6 is 0 Å². The summed E-state index contributed by atoms with van der Waals surface area (Å²) in [6.07, 6.45) is 0. The number of fused-ring (bicyclic) bond motifs is 4. The number of hydrogen-bond donors (Lipinski definition) is 1. The molecule has 0 spiro atoms. The molecule has 0 saturated carbocycles. The van der Waals surface area contributed by atoms with E-state index in [1.807, 2.05) is 0 Å². The van der Waals surface area contributed by atoms with Crippen molar-refractivity contribution in [2.24, 2.45) is 0 Å². The summed E-state index contributed by atoms with van der Waals surface area (Å²) >= 11 is 0. The molecule has 0 radical (unpaired) electrons. The maximum absolute atomic E-state index is 3.65. The molecule has 0 aliphatic heterocycles. The highest BCUT2D eigenvalue weighted by Crippen LogP contribution is 2.34. The molecule has 0 atom stereocenters. The Labute approximate surface area is 181 Å². The topological polar surface area (TPSA) is 12.0 Å². The Morgan fingerprint density at radius 3 is 1.84 bits per heavy atom. The monoisotopic (exact) mass is 395 g/mol. The van der Waals surface area contributed by atoms with Gasteiger partial charge in [0.2, 0.25) is 0 Å². The molecule has 6 aromatic rings. The van der Waals surface area contributed by atoms with Crippen molar-refractivity contribution in [1.29, 1.82) is 0 Å². The number of hydrogen-bond acceptors (Lipinski definition) is 1. The summed E-state index contributed by atoms with van der Waals surface area (Å²) in [5, 5.41) is 11.2. The van der Waals surface area contributed by atoms with Crippen molar-refractivity contribution < 1.29 is 0 Å². The van der Waals surface area contributed by atoms with Crippen molar-refractivity contribution in [1.82, 2.24) is 0 Å². The first kappa shape index (κ1) is 17.7. The van der Waals surface area contributed by atoms with Crippen LogP contribution < -0.4 is 5.32 Å². The van der Waals surface area contributed by atoms with Gasteiger partial charge in [-0.05, 0) is 56.3 Å². The first-order valence-electron chi connectivity index (χ1n) is 10.6. The molecule has 0 aromatic heterocycles. The summed E-state index contributed by atoms with van der Waals surface area (Å²) in [5.74, 6) is 0. The van der Waals surface area contributed by atoms with Gasteiger partial charge in [-0.25, -0.2) is 0 Å². The van der Waals surface area contributed by atoms with Gasteiger partial charge in [-0.2, -0.15) is 0 Å². The van der Waals surface area contributed by atoms with E-state index >= 15 is 0 Å². The highest BCUT2D eigenvalue weighted by molar-refractivity contribution is 6.13. The van der Waals surface area contributed by atoms with Crippen molar-refractivity contribution >= 4 is 43.7 Å². The number of rotatable bonds is 3. The summed E-state index contributed by atoms with van der Waals surface area (Å²) in [6.45, 7) is 0. The molecule has 6 rings (SSSR count). The van der Waals surface area contributed by atoms with Crippen LogP contribution in [0.15, 0.2) is 121 Å². The van der Waals surface area contributed by atoms with Gasteiger partial charge in [-0.1, -0.05) is 103 Å². The maximum atomic E-state index is 3.65. The Morgan fingerprint density at radius 2 is 1.03 bits per heavy atom. The van der Waals surface area contributed by atoms with E-state index in [0.29, 0.717) is 0 Å². The molecule has 0 aliphatic carbocycles.